The van der Waals surface area contributed by atoms with Crippen molar-refractivity contribution in [3.8, 4) is 0 Å². The van der Waals surface area contributed by atoms with Gasteiger partial charge in [0.1, 0.15) is 0 Å². The number of aryl methyl sites for hydroxylation is 1. The highest BCUT2D eigenvalue weighted by Gasteiger charge is 2.12. The van der Waals surface area contributed by atoms with Gasteiger partial charge >= 0.3 is 0 Å². The van der Waals surface area contributed by atoms with E-state index in [1.807, 2.05) is 36.6 Å². The van der Waals surface area contributed by atoms with Crippen LogP contribution in [0.1, 0.15) is 21.6 Å². The number of fused-ring (bicyclic) bond motifs is 1. The van der Waals surface area contributed by atoms with Crippen LogP contribution in [0.5, 0.6) is 0 Å². The lowest BCUT2D eigenvalue weighted by Crippen LogP contribution is -2.22. The number of amides is 1. The third-order valence-electron chi connectivity index (χ3n) is 3.10. The lowest BCUT2D eigenvalue weighted by atomic mass is 10.1. The molecule has 3 rings (SSSR count). The number of thiophene rings is 1. The van der Waals surface area contributed by atoms with E-state index in [2.05, 4.69) is 15.5 Å². The van der Waals surface area contributed by atoms with Crippen molar-refractivity contribution in [2.75, 3.05) is 0 Å². The lowest BCUT2D eigenvalue weighted by molar-refractivity contribution is 0.0953. The van der Waals surface area contributed by atoms with Gasteiger partial charge in [-0.1, -0.05) is 18.2 Å². The SMILES string of the molecule is Cc1[nH]ncc1CNC(=O)c1csc2ccccc12. The highest BCUT2D eigenvalue weighted by atomic mass is 32.1. The Bertz CT molecular complexity index is 729. The van der Waals surface area contributed by atoms with Crippen LogP contribution in [0.3, 0.4) is 0 Å². The van der Waals surface area contributed by atoms with Gasteiger partial charge in [-0.15, -0.1) is 11.3 Å². The zero-order valence-electron chi connectivity index (χ0n) is 10.4. The Hall–Kier alpha value is -2.14. The van der Waals surface area contributed by atoms with Gasteiger partial charge in [-0.05, 0) is 13.0 Å². The molecule has 2 N–H and O–H groups in total. The van der Waals surface area contributed by atoms with Crippen LogP contribution in [0.25, 0.3) is 10.1 Å². The molecule has 0 saturated carbocycles. The summed E-state index contributed by atoms with van der Waals surface area (Å²) in [4.78, 5) is 12.2. The fourth-order valence-electron chi connectivity index (χ4n) is 1.98. The van der Waals surface area contributed by atoms with E-state index in [4.69, 9.17) is 0 Å². The Kier molecular flexibility index (Phi) is 3.05. The van der Waals surface area contributed by atoms with Gasteiger partial charge in [-0.3, -0.25) is 9.89 Å². The molecule has 19 heavy (non-hydrogen) atoms. The molecule has 0 atom stereocenters. The number of benzene rings is 1. The van der Waals surface area contributed by atoms with E-state index in [9.17, 15) is 4.79 Å². The Balaban J connectivity index is 1.79. The first kappa shape index (κ1) is 11.9. The lowest BCUT2D eigenvalue weighted by Gasteiger charge is -2.03. The van der Waals surface area contributed by atoms with Crippen LogP contribution in [0.15, 0.2) is 35.8 Å². The second-order valence-electron chi connectivity index (χ2n) is 4.35. The summed E-state index contributed by atoms with van der Waals surface area (Å²) < 4.78 is 1.13. The number of aromatic amines is 1. The molecule has 0 unspecified atom stereocenters. The van der Waals surface area contributed by atoms with Crippen LogP contribution in [0.2, 0.25) is 0 Å². The number of nitrogens with one attached hydrogen (secondary N) is 2. The largest absolute Gasteiger partial charge is 0.348 e. The van der Waals surface area contributed by atoms with Crippen LogP contribution in [0, 0.1) is 6.92 Å². The smallest absolute Gasteiger partial charge is 0.253 e. The maximum absolute atomic E-state index is 12.2. The van der Waals surface area contributed by atoms with Gasteiger partial charge in [0, 0.05) is 33.3 Å². The van der Waals surface area contributed by atoms with E-state index >= 15 is 0 Å². The summed E-state index contributed by atoms with van der Waals surface area (Å²) >= 11 is 1.59. The fraction of sp³-hybridized carbons (Fsp3) is 0.143. The minimum Gasteiger partial charge on any atom is -0.348 e. The summed E-state index contributed by atoms with van der Waals surface area (Å²) in [6.45, 7) is 2.43. The van der Waals surface area contributed by atoms with Crippen LogP contribution in [0.4, 0.5) is 0 Å². The van der Waals surface area contributed by atoms with E-state index in [0.717, 1.165) is 26.9 Å². The first-order valence-electron chi connectivity index (χ1n) is 5.99. The maximum atomic E-state index is 12.2. The van der Waals surface area contributed by atoms with Crippen molar-refractivity contribution in [3.05, 3.63) is 52.7 Å². The molecule has 1 aromatic carbocycles. The normalized spacial score (nSPS) is 10.8. The molecular formula is C14H13N3OS. The van der Waals surface area contributed by atoms with Crippen LogP contribution in [-0.2, 0) is 6.54 Å². The molecule has 3 aromatic rings. The number of rotatable bonds is 3. The van der Waals surface area contributed by atoms with Gasteiger partial charge in [0.05, 0.1) is 11.8 Å². The molecule has 0 saturated heterocycles. The topological polar surface area (TPSA) is 57.8 Å². The molecule has 0 aliphatic rings. The highest BCUT2D eigenvalue weighted by molar-refractivity contribution is 7.17. The molecule has 0 aliphatic heterocycles. The molecule has 2 aromatic heterocycles. The van der Waals surface area contributed by atoms with Gasteiger partial charge in [-0.2, -0.15) is 5.10 Å². The van der Waals surface area contributed by atoms with Gasteiger partial charge in [0.15, 0.2) is 0 Å². The minimum absolute atomic E-state index is 0.0435. The van der Waals surface area contributed by atoms with Crippen LogP contribution >= 0.6 is 11.3 Å². The Morgan fingerprint density at radius 3 is 3.05 bits per heavy atom. The van der Waals surface area contributed by atoms with Crippen molar-refractivity contribution in [1.29, 1.82) is 0 Å². The summed E-state index contributed by atoms with van der Waals surface area (Å²) in [5, 5.41) is 12.6. The predicted molar refractivity (Wildman–Crippen MR) is 76.3 cm³/mol. The molecule has 2 heterocycles. The van der Waals surface area contributed by atoms with Crippen molar-refractivity contribution >= 4 is 27.3 Å². The molecule has 0 spiro atoms. The van der Waals surface area contributed by atoms with E-state index in [-0.39, 0.29) is 5.91 Å². The number of carbonyl (C=O) groups is 1. The van der Waals surface area contributed by atoms with E-state index < -0.39 is 0 Å². The summed E-state index contributed by atoms with van der Waals surface area (Å²) in [5.41, 5.74) is 2.73. The summed E-state index contributed by atoms with van der Waals surface area (Å²) in [7, 11) is 0. The standard InChI is InChI=1S/C14H13N3OS/c1-9-10(7-16-17-9)6-15-14(18)12-8-19-13-5-3-2-4-11(12)13/h2-5,7-8H,6H2,1H3,(H,15,18)(H,16,17). The van der Waals surface area contributed by atoms with Crippen molar-refractivity contribution in [2.24, 2.45) is 0 Å². The van der Waals surface area contributed by atoms with Gasteiger partial charge in [-0.25, -0.2) is 0 Å². The summed E-state index contributed by atoms with van der Waals surface area (Å²) in [6, 6.07) is 7.93. The monoisotopic (exact) mass is 271 g/mol. The van der Waals surface area contributed by atoms with Crippen LogP contribution < -0.4 is 5.32 Å². The minimum atomic E-state index is -0.0435. The summed E-state index contributed by atoms with van der Waals surface area (Å²) in [5.74, 6) is -0.0435. The highest BCUT2D eigenvalue weighted by Crippen LogP contribution is 2.25. The third kappa shape index (κ3) is 2.24. The number of hydrogen-bond acceptors (Lipinski definition) is 3. The zero-order valence-corrected chi connectivity index (χ0v) is 11.3. The first-order valence-corrected chi connectivity index (χ1v) is 6.87. The third-order valence-corrected chi connectivity index (χ3v) is 4.06. The summed E-state index contributed by atoms with van der Waals surface area (Å²) in [6.07, 6.45) is 1.74. The quantitative estimate of drug-likeness (QED) is 0.769. The average Bonchev–Trinajstić information content (AvgIpc) is 3.02. The van der Waals surface area contributed by atoms with E-state index in [0.29, 0.717) is 6.54 Å². The zero-order chi connectivity index (χ0) is 13.2. The molecule has 0 bridgehead atoms. The molecule has 1 amide bonds. The number of carbonyl (C=O) groups excluding carboxylic acids is 1. The van der Waals surface area contributed by atoms with Gasteiger partial charge in [0.2, 0.25) is 0 Å². The molecule has 0 radical (unpaired) electrons. The van der Waals surface area contributed by atoms with Gasteiger partial charge < -0.3 is 5.32 Å². The average molecular weight is 271 g/mol. The molecule has 4 nitrogen and oxygen atoms in total. The molecule has 96 valence electrons. The first-order chi connectivity index (χ1) is 9.25. The fourth-order valence-corrected chi connectivity index (χ4v) is 2.92. The Morgan fingerprint density at radius 1 is 1.42 bits per heavy atom. The van der Waals surface area contributed by atoms with Crippen molar-refractivity contribution in [2.45, 2.75) is 13.5 Å². The molecule has 0 aliphatic carbocycles. The molecular weight excluding hydrogens is 258 g/mol. The molecule has 5 heteroatoms. The van der Waals surface area contributed by atoms with Crippen molar-refractivity contribution < 1.29 is 4.79 Å². The Morgan fingerprint density at radius 2 is 2.26 bits per heavy atom. The number of nitrogens with zero attached hydrogens (tertiary/aromatic N) is 1. The van der Waals surface area contributed by atoms with Crippen molar-refractivity contribution in [3.63, 3.8) is 0 Å². The number of aromatic nitrogens is 2. The predicted octanol–water partition coefficient (Wildman–Crippen LogP) is 2.86. The Labute approximate surface area is 114 Å². The van der Waals surface area contributed by atoms with E-state index in [1.54, 1.807) is 17.5 Å². The second-order valence-corrected chi connectivity index (χ2v) is 5.26. The number of hydrogen-bond donors (Lipinski definition) is 2. The van der Waals surface area contributed by atoms with Crippen molar-refractivity contribution in [1.82, 2.24) is 15.5 Å². The second kappa shape index (κ2) is 4.85. The van der Waals surface area contributed by atoms with E-state index in [1.165, 1.54) is 0 Å². The number of H-pyrrole nitrogens is 1. The maximum Gasteiger partial charge on any atom is 0.253 e. The van der Waals surface area contributed by atoms with Gasteiger partial charge in [0.25, 0.3) is 5.91 Å². The van der Waals surface area contributed by atoms with Crippen LogP contribution in [-0.4, -0.2) is 16.1 Å². The molecule has 0 fully saturated rings.